The van der Waals surface area contributed by atoms with Crippen LogP contribution in [0.15, 0.2) is 23.1 Å². The number of benzene rings is 1. The van der Waals surface area contributed by atoms with Crippen LogP contribution in [0.2, 0.25) is 0 Å². The summed E-state index contributed by atoms with van der Waals surface area (Å²) >= 11 is 0. The van der Waals surface area contributed by atoms with Gasteiger partial charge in [0.1, 0.15) is 10.6 Å². The van der Waals surface area contributed by atoms with Crippen molar-refractivity contribution in [2.75, 3.05) is 20.7 Å². The summed E-state index contributed by atoms with van der Waals surface area (Å²) in [5.41, 5.74) is 5.91. The predicted octanol–water partition coefficient (Wildman–Crippen LogP) is 0.851. The van der Waals surface area contributed by atoms with Crippen molar-refractivity contribution < 1.29 is 17.9 Å². The van der Waals surface area contributed by atoms with Gasteiger partial charge in [-0.2, -0.15) is 0 Å². The SMILES string of the molecule is CCCCC(CN)NC(=O)c1ccc(OC)c(S(=O)(=O)NC)c1. The second kappa shape index (κ2) is 8.85. The highest BCUT2D eigenvalue weighted by Gasteiger charge is 2.21. The molecule has 4 N–H and O–H groups in total. The number of rotatable bonds is 9. The van der Waals surface area contributed by atoms with Gasteiger partial charge in [0.25, 0.3) is 5.91 Å². The molecule has 130 valence electrons. The van der Waals surface area contributed by atoms with E-state index in [2.05, 4.69) is 17.0 Å². The summed E-state index contributed by atoms with van der Waals surface area (Å²) in [5, 5.41) is 2.83. The third kappa shape index (κ3) is 5.19. The highest BCUT2D eigenvalue weighted by atomic mass is 32.2. The van der Waals surface area contributed by atoms with Gasteiger partial charge in [0.15, 0.2) is 0 Å². The molecular formula is C15H25N3O4S. The van der Waals surface area contributed by atoms with Crippen molar-refractivity contribution in [3.8, 4) is 5.75 Å². The molecule has 0 aliphatic heterocycles. The van der Waals surface area contributed by atoms with E-state index in [9.17, 15) is 13.2 Å². The number of unbranched alkanes of at least 4 members (excludes halogenated alkanes) is 1. The molecule has 1 aromatic rings. The second-order valence-corrected chi connectivity index (χ2v) is 6.98. The molecule has 0 bridgehead atoms. The molecule has 1 amide bonds. The van der Waals surface area contributed by atoms with E-state index < -0.39 is 10.0 Å². The van der Waals surface area contributed by atoms with E-state index in [0.29, 0.717) is 6.54 Å². The molecule has 0 fully saturated rings. The van der Waals surface area contributed by atoms with Gasteiger partial charge >= 0.3 is 0 Å². The molecule has 0 aliphatic carbocycles. The van der Waals surface area contributed by atoms with Gasteiger partial charge in [-0.3, -0.25) is 4.79 Å². The first-order valence-electron chi connectivity index (χ1n) is 7.52. The molecular weight excluding hydrogens is 318 g/mol. The van der Waals surface area contributed by atoms with Gasteiger partial charge in [0, 0.05) is 18.2 Å². The Morgan fingerprint density at radius 2 is 2.09 bits per heavy atom. The van der Waals surface area contributed by atoms with Crippen molar-refractivity contribution in [1.29, 1.82) is 0 Å². The number of carbonyl (C=O) groups is 1. The molecule has 0 saturated heterocycles. The number of nitrogens with two attached hydrogens (primary N) is 1. The molecule has 0 spiro atoms. The van der Waals surface area contributed by atoms with E-state index in [0.717, 1.165) is 19.3 Å². The quantitative estimate of drug-likeness (QED) is 0.616. The van der Waals surface area contributed by atoms with E-state index in [1.165, 1.54) is 32.4 Å². The lowest BCUT2D eigenvalue weighted by Gasteiger charge is -2.17. The van der Waals surface area contributed by atoms with Crippen LogP contribution in [0.1, 0.15) is 36.5 Å². The minimum atomic E-state index is -3.72. The number of ether oxygens (including phenoxy) is 1. The Kier molecular flexibility index (Phi) is 7.47. The summed E-state index contributed by atoms with van der Waals surface area (Å²) in [6.45, 7) is 2.40. The molecule has 1 aromatic carbocycles. The molecule has 23 heavy (non-hydrogen) atoms. The maximum atomic E-state index is 12.3. The number of hydrogen-bond acceptors (Lipinski definition) is 5. The Hall–Kier alpha value is -1.64. The Morgan fingerprint density at radius 3 is 2.61 bits per heavy atom. The highest BCUT2D eigenvalue weighted by Crippen LogP contribution is 2.24. The van der Waals surface area contributed by atoms with Crippen LogP contribution in [0.4, 0.5) is 0 Å². The molecule has 0 radical (unpaired) electrons. The van der Waals surface area contributed by atoms with Crippen molar-refractivity contribution in [3.05, 3.63) is 23.8 Å². The van der Waals surface area contributed by atoms with Gasteiger partial charge in [0.2, 0.25) is 10.0 Å². The van der Waals surface area contributed by atoms with Gasteiger partial charge in [-0.25, -0.2) is 13.1 Å². The zero-order valence-electron chi connectivity index (χ0n) is 13.8. The summed E-state index contributed by atoms with van der Waals surface area (Å²) < 4.78 is 31.3. The lowest BCUT2D eigenvalue weighted by atomic mass is 10.1. The summed E-state index contributed by atoms with van der Waals surface area (Å²) in [6.07, 6.45) is 2.76. The molecule has 1 atom stereocenters. The maximum Gasteiger partial charge on any atom is 0.251 e. The standard InChI is InChI=1S/C15H25N3O4S/c1-4-5-6-12(10-16)18-15(19)11-7-8-13(22-3)14(9-11)23(20,21)17-2/h7-9,12,17H,4-6,10,16H2,1-3H3,(H,18,19). The smallest absolute Gasteiger partial charge is 0.251 e. The predicted molar refractivity (Wildman–Crippen MR) is 89.1 cm³/mol. The topological polar surface area (TPSA) is 111 Å². The van der Waals surface area contributed by atoms with Crippen LogP contribution in [0.25, 0.3) is 0 Å². The molecule has 8 heteroatoms. The molecule has 7 nitrogen and oxygen atoms in total. The molecule has 0 aliphatic rings. The lowest BCUT2D eigenvalue weighted by molar-refractivity contribution is 0.0935. The molecule has 0 aromatic heterocycles. The van der Waals surface area contributed by atoms with Gasteiger partial charge in [0.05, 0.1) is 7.11 Å². The van der Waals surface area contributed by atoms with Crippen molar-refractivity contribution in [2.24, 2.45) is 5.73 Å². The van der Waals surface area contributed by atoms with Crippen LogP contribution in [0.3, 0.4) is 0 Å². The van der Waals surface area contributed by atoms with Crippen LogP contribution < -0.4 is 20.5 Å². The molecule has 0 heterocycles. The zero-order chi connectivity index (χ0) is 17.5. The van der Waals surface area contributed by atoms with E-state index in [4.69, 9.17) is 10.5 Å². The van der Waals surface area contributed by atoms with Crippen LogP contribution in [0, 0.1) is 0 Å². The number of methoxy groups -OCH3 is 1. The Bertz CT molecular complexity index is 632. The van der Waals surface area contributed by atoms with E-state index in [-0.39, 0.29) is 28.2 Å². The first-order valence-corrected chi connectivity index (χ1v) is 9.00. The maximum absolute atomic E-state index is 12.3. The fourth-order valence-corrected chi connectivity index (χ4v) is 3.02. The number of amides is 1. The first-order chi connectivity index (χ1) is 10.9. The number of carbonyl (C=O) groups excluding carboxylic acids is 1. The summed E-state index contributed by atoms with van der Waals surface area (Å²) in [5.74, 6) is -0.177. The number of sulfonamides is 1. The van der Waals surface area contributed by atoms with E-state index >= 15 is 0 Å². The third-order valence-electron chi connectivity index (χ3n) is 3.51. The van der Waals surface area contributed by atoms with Crippen molar-refractivity contribution >= 4 is 15.9 Å². The minimum absolute atomic E-state index is 0.0759. The van der Waals surface area contributed by atoms with Crippen LogP contribution in [-0.2, 0) is 10.0 Å². The van der Waals surface area contributed by atoms with Gasteiger partial charge in [-0.15, -0.1) is 0 Å². The monoisotopic (exact) mass is 343 g/mol. The Balaban J connectivity index is 3.04. The molecule has 0 saturated carbocycles. The van der Waals surface area contributed by atoms with Crippen molar-refractivity contribution in [3.63, 3.8) is 0 Å². The Morgan fingerprint density at radius 1 is 1.39 bits per heavy atom. The van der Waals surface area contributed by atoms with Crippen molar-refractivity contribution in [1.82, 2.24) is 10.0 Å². The third-order valence-corrected chi connectivity index (χ3v) is 4.95. The average Bonchev–Trinajstić information content (AvgIpc) is 2.57. The van der Waals surface area contributed by atoms with Gasteiger partial charge in [-0.05, 0) is 31.7 Å². The summed E-state index contributed by atoms with van der Waals surface area (Å²) in [4.78, 5) is 12.2. The number of hydrogen-bond donors (Lipinski definition) is 3. The van der Waals surface area contributed by atoms with Crippen LogP contribution in [0.5, 0.6) is 5.75 Å². The minimum Gasteiger partial charge on any atom is -0.495 e. The van der Waals surface area contributed by atoms with E-state index in [1.54, 1.807) is 0 Å². The summed E-state index contributed by atoms with van der Waals surface area (Å²) in [6, 6.07) is 4.15. The van der Waals surface area contributed by atoms with Gasteiger partial charge < -0.3 is 15.8 Å². The molecule has 1 rings (SSSR count). The normalized spacial score (nSPS) is 12.7. The highest BCUT2D eigenvalue weighted by molar-refractivity contribution is 7.89. The fourth-order valence-electron chi connectivity index (χ4n) is 2.11. The zero-order valence-corrected chi connectivity index (χ0v) is 14.6. The van der Waals surface area contributed by atoms with Crippen LogP contribution in [-0.4, -0.2) is 41.1 Å². The summed E-state index contributed by atoms with van der Waals surface area (Å²) in [7, 11) is -1.05. The molecule has 1 unspecified atom stereocenters. The van der Waals surface area contributed by atoms with Crippen molar-refractivity contribution in [2.45, 2.75) is 37.1 Å². The van der Waals surface area contributed by atoms with Crippen LogP contribution >= 0.6 is 0 Å². The lowest BCUT2D eigenvalue weighted by Crippen LogP contribution is -2.40. The van der Waals surface area contributed by atoms with E-state index in [1.807, 2.05) is 0 Å². The second-order valence-electron chi connectivity index (χ2n) is 5.12. The largest absolute Gasteiger partial charge is 0.495 e. The Labute approximate surface area is 137 Å². The fraction of sp³-hybridized carbons (Fsp3) is 0.533. The first kappa shape index (κ1) is 19.4. The average molecular weight is 343 g/mol. The van der Waals surface area contributed by atoms with Gasteiger partial charge in [-0.1, -0.05) is 19.8 Å². The number of nitrogens with one attached hydrogen (secondary N) is 2.